The Morgan fingerprint density at radius 1 is 1.24 bits per heavy atom. The molecule has 2 fully saturated rings. The zero-order valence-electron chi connectivity index (χ0n) is 10.4. The van der Waals surface area contributed by atoms with Crippen LogP contribution in [0.5, 0.6) is 0 Å². The molecule has 0 bridgehead atoms. The number of nitrogens with one attached hydrogen (secondary N) is 1. The SMILES string of the molecule is CC1(CNC2CC(c3ccc(F)cc3)C2)CC1. The highest BCUT2D eigenvalue weighted by molar-refractivity contribution is 5.23. The molecule has 2 aliphatic carbocycles. The van der Waals surface area contributed by atoms with Crippen LogP contribution in [0.3, 0.4) is 0 Å². The maximum Gasteiger partial charge on any atom is 0.123 e. The summed E-state index contributed by atoms with van der Waals surface area (Å²) in [6.07, 6.45) is 5.19. The molecule has 0 radical (unpaired) electrons. The van der Waals surface area contributed by atoms with Gasteiger partial charge in [0.25, 0.3) is 0 Å². The molecule has 0 saturated heterocycles. The fourth-order valence-electron chi connectivity index (χ4n) is 2.57. The molecule has 92 valence electrons. The molecule has 0 amide bonds. The van der Waals surface area contributed by atoms with Crippen LogP contribution < -0.4 is 5.32 Å². The summed E-state index contributed by atoms with van der Waals surface area (Å²) >= 11 is 0. The van der Waals surface area contributed by atoms with E-state index < -0.39 is 0 Å². The first-order chi connectivity index (χ1) is 8.15. The summed E-state index contributed by atoms with van der Waals surface area (Å²) in [7, 11) is 0. The standard InChI is InChI=1S/C15H20FN/c1-15(6-7-15)10-17-14-8-12(9-14)11-2-4-13(16)5-3-11/h2-5,12,14,17H,6-10H2,1H3. The van der Waals surface area contributed by atoms with Gasteiger partial charge in [0.15, 0.2) is 0 Å². The predicted octanol–water partition coefficient (Wildman–Crippen LogP) is 3.46. The molecule has 0 unspecified atom stereocenters. The van der Waals surface area contributed by atoms with E-state index in [4.69, 9.17) is 0 Å². The van der Waals surface area contributed by atoms with Crippen molar-refractivity contribution in [3.05, 3.63) is 35.6 Å². The topological polar surface area (TPSA) is 12.0 Å². The maximum absolute atomic E-state index is 12.8. The smallest absolute Gasteiger partial charge is 0.123 e. The van der Waals surface area contributed by atoms with E-state index in [1.807, 2.05) is 12.1 Å². The predicted molar refractivity (Wildman–Crippen MR) is 67.5 cm³/mol. The lowest BCUT2D eigenvalue weighted by molar-refractivity contribution is 0.275. The first kappa shape index (κ1) is 11.2. The highest BCUT2D eigenvalue weighted by Crippen LogP contribution is 2.45. The van der Waals surface area contributed by atoms with E-state index in [9.17, 15) is 4.39 Å². The first-order valence-corrected chi connectivity index (χ1v) is 6.63. The van der Waals surface area contributed by atoms with Gasteiger partial charge in [-0.1, -0.05) is 19.1 Å². The van der Waals surface area contributed by atoms with E-state index in [0.717, 1.165) is 0 Å². The van der Waals surface area contributed by atoms with Gasteiger partial charge in [-0.2, -0.15) is 0 Å². The highest BCUT2D eigenvalue weighted by atomic mass is 19.1. The van der Waals surface area contributed by atoms with Crippen molar-refractivity contribution in [2.75, 3.05) is 6.54 Å². The molecule has 2 heteroatoms. The molecule has 1 N–H and O–H groups in total. The summed E-state index contributed by atoms with van der Waals surface area (Å²) in [5, 5.41) is 3.66. The molecule has 0 heterocycles. The Kier molecular flexibility index (Phi) is 2.70. The van der Waals surface area contributed by atoms with Gasteiger partial charge in [-0.05, 0) is 54.7 Å². The van der Waals surface area contributed by atoms with Gasteiger partial charge in [0.2, 0.25) is 0 Å². The molecule has 0 aliphatic heterocycles. The summed E-state index contributed by atoms with van der Waals surface area (Å²) in [6, 6.07) is 7.68. The lowest BCUT2D eigenvalue weighted by Gasteiger charge is -2.37. The molecule has 3 rings (SSSR count). The molecule has 0 spiro atoms. The van der Waals surface area contributed by atoms with Gasteiger partial charge in [-0.25, -0.2) is 4.39 Å². The molecule has 1 aromatic rings. The van der Waals surface area contributed by atoms with Crippen molar-refractivity contribution in [2.24, 2.45) is 5.41 Å². The summed E-state index contributed by atoms with van der Waals surface area (Å²) in [4.78, 5) is 0. The molecule has 0 aromatic heterocycles. The van der Waals surface area contributed by atoms with Crippen molar-refractivity contribution in [3.63, 3.8) is 0 Å². The van der Waals surface area contributed by atoms with Crippen LogP contribution in [0, 0.1) is 11.2 Å². The third-order valence-corrected chi connectivity index (χ3v) is 4.40. The zero-order valence-corrected chi connectivity index (χ0v) is 10.4. The van der Waals surface area contributed by atoms with Crippen LogP contribution in [0.1, 0.15) is 44.1 Å². The second-order valence-electron chi connectivity index (χ2n) is 6.11. The van der Waals surface area contributed by atoms with Gasteiger partial charge in [0.05, 0.1) is 0 Å². The summed E-state index contributed by atoms with van der Waals surface area (Å²) in [6.45, 7) is 3.53. The van der Waals surface area contributed by atoms with E-state index in [1.165, 1.54) is 37.8 Å². The van der Waals surface area contributed by atoms with Gasteiger partial charge < -0.3 is 5.32 Å². The lowest BCUT2D eigenvalue weighted by Crippen LogP contribution is -2.42. The number of benzene rings is 1. The van der Waals surface area contributed by atoms with Crippen molar-refractivity contribution in [3.8, 4) is 0 Å². The quantitative estimate of drug-likeness (QED) is 0.839. The molecule has 1 nitrogen and oxygen atoms in total. The zero-order chi connectivity index (χ0) is 11.9. The molecular weight excluding hydrogens is 213 g/mol. The Morgan fingerprint density at radius 2 is 1.88 bits per heavy atom. The van der Waals surface area contributed by atoms with Crippen molar-refractivity contribution in [1.29, 1.82) is 0 Å². The van der Waals surface area contributed by atoms with Gasteiger partial charge >= 0.3 is 0 Å². The Bertz CT molecular complexity index is 388. The van der Waals surface area contributed by atoms with Crippen molar-refractivity contribution in [1.82, 2.24) is 5.32 Å². The van der Waals surface area contributed by atoms with E-state index >= 15 is 0 Å². The number of halogens is 1. The van der Waals surface area contributed by atoms with Gasteiger partial charge in [-0.15, -0.1) is 0 Å². The maximum atomic E-state index is 12.8. The van der Waals surface area contributed by atoms with Gasteiger partial charge in [-0.3, -0.25) is 0 Å². The van der Waals surface area contributed by atoms with Crippen LogP contribution in [0.15, 0.2) is 24.3 Å². The van der Waals surface area contributed by atoms with Crippen LogP contribution in [-0.4, -0.2) is 12.6 Å². The second-order valence-corrected chi connectivity index (χ2v) is 6.11. The van der Waals surface area contributed by atoms with Gasteiger partial charge in [0.1, 0.15) is 5.82 Å². The Labute approximate surface area is 102 Å². The second kappa shape index (κ2) is 4.09. The number of rotatable bonds is 4. The minimum absolute atomic E-state index is 0.135. The Morgan fingerprint density at radius 3 is 2.47 bits per heavy atom. The molecule has 1 aromatic carbocycles. The minimum Gasteiger partial charge on any atom is -0.313 e. The van der Waals surface area contributed by atoms with Crippen molar-refractivity contribution < 1.29 is 4.39 Å². The van der Waals surface area contributed by atoms with Crippen LogP contribution in [0.2, 0.25) is 0 Å². The minimum atomic E-state index is -0.135. The van der Waals surface area contributed by atoms with E-state index in [-0.39, 0.29) is 5.82 Å². The number of hydrogen-bond acceptors (Lipinski definition) is 1. The third kappa shape index (κ3) is 2.52. The number of hydrogen-bond donors (Lipinski definition) is 1. The van der Waals surface area contributed by atoms with E-state index in [0.29, 0.717) is 17.4 Å². The van der Waals surface area contributed by atoms with Gasteiger partial charge in [0, 0.05) is 12.6 Å². The van der Waals surface area contributed by atoms with E-state index in [2.05, 4.69) is 12.2 Å². The fourth-order valence-corrected chi connectivity index (χ4v) is 2.57. The third-order valence-electron chi connectivity index (χ3n) is 4.40. The van der Waals surface area contributed by atoms with Crippen LogP contribution in [-0.2, 0) is 0 Å². The average molecular weight is 233 g/mol. The summed E-state index contributed by atoms with van der Waals surface area (Å²) in [5.41, 5.74) is 1.89. The summed E-state index contributed by atoms with van der Waals surface area (Å²) < 4.78 is 12.8. The Hall–Kier alpha value is -0.890. The molecular formula is C15H20FN. The van der Waals surface area contributed by atoms with Crippen LogP contribution >= 0.6 is 0 Å². The fraction of sp³-hybridized carbons (Fsp3) is 0.600. The highest BCUT2D eigenvalue weighted by Gasteiger charge is 2.39. The van der Waals surface area contributed by atoms with Crippen molar-refractivity contribution in [2.45, 2.75) is 44.6 Å². The molecule has 2 aliphatic rings. The van der Waals surface area contributed by atoms with E-state index in [1.54, 1.807) is 12.1 Å². The molecule has 0 atom stereocenters. The molecule has 2 saturated carbocycles. The van der Waals surface area contributed by atoms with Crippen LogP contribution in [0.4, 0.5) is 4.39 Å². The largest absolute Gasteiger partial charge is 0.313 e. The van der Waals surface area contributed by atoms with Crippen LogP contribution in [0.25, 0.3) is 0 Å². The summed E-state index contributed by atoms with van der Waals surface area (Å²) in [5.74, 6) is 0.504. The molecule has 17 heavy (non-hydrogen) atoms. The average Bonchev–Trinajstić information content (AvgIpc) is 2.97. The monoisotopic (exact) mass is 233 g/mol. The van der Waals surface area contributed by atoms with Crippen molar-refractivity contribution >= 4 is 0 Å². The first-order valence-electron chi connectivity index (χ1n) is 6.63. The normalized spacial score (nSPS) is 29.8. The lowest BCUT2D eigenvalue weighted by atomic mass is 9.76. The Balaban J connectivity index is 1.46.